The van der Waals surface area contributed by atoms with Gasteiger partial charge >= 0.3 is 0 Å². The Kier molecular flexibility index (Phi) is 6.39. The van der Waals surface area contributed by atoms with Gasteiger partial charge in [-0.05, 0) is 48.5 Å². The van der Waals surface area contributed by atoms with Gasteiger partial charge < -0.3 is 23.7 Å². The van der Waals surface area contributed by atoms with Crippen molar-refractivity contribution in [1.82, 2.24) is 0 Å². The van der Waals surface area contributed by atoms with E-state index < -0.39 is 0 Å². The predicted octanol–water partition coefficient (Wildman–Crippen LogP) is 4.28. The van der Waals surface area contributed by atoms with Crippen LogP contribution in [0.3, 0.4) is 0 Å². The number of hydrogen-bond acceptors (Lipinski definition) is 5. The van der Waals surface area contributed by atoms with Crippen LogP contribution in [0.2, 0.25) is 0 Å². The van der Waals surface area contributed by atoms with Crippen LogP contribution >= 0.6 is 0 Å². The quantitative estimate of drug-likeness (QED) is 0.585. The molecule has 0 spiro atoms. The van der Waals surface area contributed by atoms with Gasteiger partial charge in [0.2, 0.25) is 0 Å². The topological polar surface area (TPSA) is 46.2 Å². The van der Waals surface area contributed by atoms with Crippen molar-refractivity contribution in [3.05, 3.63) is 76.9 Å². The van der Waals surface area contributed by atoms with Gasteiger partial charge in [-0.25, -0.2) is 0 Å². The van der Waals surface area contributed by atoms with Crippen molar-refractivity contribution >= 4 is 0 Å². The average Bonchev–Trinajstić information content (AvgIpc) is 2.85. The fourth-order valence-corrected chi connectivity index (χ4v) is 3.15. The summed E-state index contributed by atoms with van der Waals surface area (Å²) in [4.78, 5) is 0. The third kappa shape index (κ3) is 5.09. The fraction of sp³-hybridized carbons (Fsp3) is 0.185. The molecule has 4 rings (SSSR count). The SMILES string of the molecule is COc1cc(C#Cc2cc(OC)cc(OC)c2)cc(C#Cc2ccc3c(c2)OCCO3)c1. The summed E-state index contributed by atoms with van der Waals surface area (Å²) in [6.07, 6.45) is 0. The zero-order valence-electron chi connectivity index (χ0n) is 18.2. The first-order valence-electron chi connectivity index (χ1n) is 10.0. The van der Waals surface area contributed by atoms with Crippen LogP contribution in [0.4, 0.5) is 0 Å². The van der Waals surface area contributed by atoms with E-state index in [1.165, 1.54) is 0 Å². The second kappa shape index (κ2) is 9.73. The minimum absolute atomic E-state index is 0.543. The molecule has 0 unspecified atom stereocenters. The maximum Gasteiger partial charge on any atom is 0.162 e. The van der Waals surface area contributed by atoms with E-state index in [1.54, 1.807) is 21.3 Å². The molecular weight excluding hydrogens is 404 g/mol. The van der Waals surface area contributed by atoms with E-state index in [1.807, 2.05) is 54.6 Å². The van der Waals surface area contributed by atoms with Crippen molar-refractivity contribution in [3.8, 4) is 52.4 Å². The molecule has 0 aromatic heterocycles. The van der Waals surface area contributed by atoms with E-state index in [0.29, 0.717) is 36.2 Å². The molecule has 0 radical (unpaired) electrons. The lowest BCUT2D eigenvalue weighted by Crippen LogP contribution is -2.15. The molecule has 5 heteroatoms. The lowest BCUT2D eigenvalue weighted by Gasteiger charge is -2.17. The highest BCUT2D eigenvalue weighted by Crippen LogP contribution is 2.30. The molecule has 3 aromatic carbocycles. The van der Waals surface area contributed by atoms with Crippen LogP contribution < -0.4 is 23.7 Å². The second-order valence-electron chi connectivity index (χ2n) is 6.91. The molecular formula is C27H22O5. The monoisotopic (exact) mass is 426 g/mol. The van der Waals surface area contributed by atoms with Crippen LogP contribution in [0, 0.1) is 23.7 Å². The Balaban J connectivity index is 1.63. The highest BCUT2D eigenvalue weighted by Gasteiger charge is 2.10. The molecule has 0 N–H and O–H groups in total. The van der Waals surface area contributed by atoms with Crippen molar-refractivity contribution in [2.75, 3.05) is 34.5 Å². The minimum Gasteiger partial charge on any atom is -0.497 e. The Hall–Kier alpha value is -4.22. The molecule has 0 saturated carbocycles. The Labute approximate surface area is 187 Å². The Morgan fingerprint density at radius 2 is 1.00 bits per heavy atom. The van der Waals surface area contributed by atoms with E-state index in [9.17, 15) is 0 Å². The van der Waals surface area contributed by atoms with Gasteiger partial charge in [0.15, 0.2) is 11.5 Å². The normalized spacial score (nSPS) is 11.3. The van der Waals surface area contributed by atoms with E-state index in [4.69, 9.17) is 23.7 Å². The molecule has 0 atom stereocenters. The highest BCUT2D eigenvalue weighted by molar-refractivity contribution is 5.55. The number of fused-ring (bicyclic) bond motifs is 1. The molecule has 0 saturated heterocycles. The number of benzene rings is 3. The van der Waals surface area contributed by atoms with Crippen LogP contribution in [0.1, 0.15) is 22.3 Å². The molecule has 5 nitrogen and oxygen atoms in total. The maximum absolute atomic E-state index is 5.63. The third-order valence-corrected chi connectivity index (χ3v) is 4.74. The summed E-state index contributed by atoms with van der Waals surface area (Å²) in [6.45, 7) is 1.11. The van der Waals surface area contributed by atoms with Crippen molar-refractivity contribution in [2.24, 2.45) is 0 Å². The molecule has 1 heterocycles. The van der Waals surface area contributed by atoms with E-state index >= 15 is 0 Å². The van der Waals surface area contributed by atoms with Crippen molar-refractivity contribution in [1.29, 1.82) is 0 Å². The standard InChI is InChI=1S/C27H22O5/c1-28-23-13-20(5-4-19-8-9-26-27(17-19)32-11-10-31-26)12-21(14-23)6-7-22-15-24(29-2)18-25(16-22)30-3/h8-9,12-18H,10-11H2,1-3H3. The summed E-state index contributed by atoms with van der Waals surface area (Å²) >= 11 is 0. The summed E-state index contributed by atoms with van der Waals surface area (Å²) in [7, 11) is 4.85. The summed E-state index contributed by atoms with van der Waals surface area (Å²) in [5.74, 6) is 16.2. The predicted molar refractivity (Wildman–Crippen MR) is 122 cm³/mol. The van der Waals surface area contributed by atoms with Crippen LogP contribution in [0.15, 0.2) is 54.6 Å². The second-order valence-corrected chi connectivity index (χ2v) is 6.91. The fourth-order valence-electron chi connectivity index (χ4n) is 3.15. The van der Waals surface area contributed by atoms with Crippen molar-refractivity contribution < 1.29 is 23.7 Å². The van der Waals surface area contributed by atoms with Crippen molar-refractivity contribution in [3.63, 3.8) is 0 Å². The molecule has 3 aromatic rings. The van der Waals surface area contributed by atoms with Gasteiger partial charge in [-0.3, -0.25) is 0 Å². The van der Waals surface area contributed by atoms with Gasteiger partial charge in [-0.1, -0.05) is 23.7 Å². The maximum atomic E-state index is 5.63. The average molecular weight is 426 g/mol. The highest BCUT2D eigenvalue weighted by atomic mass is 16.6. The molecule has 0 aliphatic carbocycles. The zero-order chi connectivity index (χ0) is 22.3. The van der Waals surface area contributed by atoms with E-state index in [0.717, 1.165) is 28.0 Å². The van der Waals surface area contributed by atoms with Crippen LogP contribution in [0.5, 0.6) is 28.7 Å². The Morgan fingerprint density at radius 1 is 0.531 bits per heavy atom. The minimum atomic E-state index is 0.543. The number of methoxy groups -OCH3 is 3. The molecule has 0 amide bonds. The lowest BCUT2D eigenvalue weighted by atomic mass is 10.1. The van der Waals surface area contributed by atoms with E-state index in [2.05, 4.69) is 23.7 Å². The van der Waals surface area contributed by atoms with Gasteiger partial charge in [-0.15, -0.1) is 0 Å². The number of ether oxygens (including phenoxy) is 5. The van der Waals surface area contributed by atoms with Crippen LogP contribution in [0.25, 0.3) is 0 Å². The third-order valence-electron chi connectivity index (χ3n) is 4.74. The molecule has 160 valence electrons. The van der Waals surface area contributed by atoms with Gasteiger partial charge in [0.1, 0.15) is 30.5 Å². The van der Waals surface area contributed by atoms with Crippen LogP contribution in [-0.4, -0.2) is 34.5 Å². The summed E-state index contributed by atoms with van der Waals surface area (Å²) < 4.78 is 27.2. The molecule has 0 bridgehead atoms. The molecule has 32 heavy (non-hydrogen) atoms. The van der Waals surface area contributed by atoms with Gasteiger partial charge in [0.05, 0.1) is 21.3 Å². The number of hydrogen-bond donors (Lipinski definition) is 0. The smallest absolute Gasteiger partial charge is 0.162 e. The zero-order valence-corrected chi connectivity index (χ0v) is 18.2. The lowest BCUT2D eigenvalue weighted by molar-refractivity contribution is 0.171. The first-order valence-corrected chi connectivity index (χ1v) is 10.0. The van der Waals surface area contributed by atoms with Gasteiger partial charge in [-0.2, -0.15) is 0 Å². The molecule has 1 aliphatic heterocycles. The molecule has 0 fully saturated rings. The first kappa shape index (κ1) is 21.0. The van der Waals surface area contributed by atoms with Crippen LogP contribution in [-0.2, 0) is 0 Å². The Bertz CT molecular complexity index is 1230. The number of rotatable bonds is 3. The summed E-state index contributed by atoms with van der Waals surface area (Å²) in [5.41, 5.74) is 3.21. The summed E-state index contributed by atoms with van der Waals surface area (Å²) in [5, 5.41) is 0. The van der Waals surface area contributed by atoms with E-state index in [-0.39, 0.29) is 0 Å². The molecule has 1 aliphatic rings. The van der Waals surface area contributed by atoms with Crippen molar-refractivity contribution in [2.45, 2.75) is 0 Å². The summed E-state index contributed by atoms with van der Waals surface area (Å²) in [6, 6.07) is 16.9. The Morgan fingerprint density at radius 3 is 1.56 bits per heavy atom. The largest absolute Gasteiger partial charge is 0.497 e. The first-order chi connectivity index (χ1) is 15.7. The van der Waals surface area contributed by atoms with Gasteiger partial charge in [0.25, 0.3) is 0 Å². The van der Waals surface area contributed by atoms with Gasteiger partial charge in [0, 0.05) is 28.3 Å².